The molecule has 0 spiro atoms. The van der Waals surface area contributed by atoms with Crippen LogP contribution in [0, 0.1) is 0 Å². The monoisotopic (exact) mass is 656 g/mol. The van der Waals surface area contributed by atoms with Gasteiger partial charge in [-0.2, -0.15) is 0 Å². The summed E-state index contributed by atoms with van der Waals surface area (Å²) >= 11 is 0. The lowest BCUT2D eigenvalue weighted by molar-refractivity contribution is 0.585. The summed E-state index contributed by atoms with van der Waals surface area (Å²) in [6.45, 7) is 0. The van der Waals surface area contributed by atoms with E-state index in [0.717, 1.165) is 60.9 Å². The minimum atomic E-state index is -3.55. The van der Waals surface area contributed by atoms with Crippen molar-refractivity contribution in [2.24, 2.45) is 0 Å². The Kier molecular flexibility index (Phi) is 6.66. The smallest absolute Gasteiger partial charge is 0.234 e. The molecule has 2 atom stereocenters. The topological polar surface area (TPSA) is 40.6 Å². The number of para-hydroxylation sites is 3. The summed E-state index contributed by atoms with van der Waals surface area (Å²) in [6, 6.07) is 60.0. The van der Waals surface area contributed by atoms with E-state index in [4.69, 9.17) is 0 Å². The Morgan fingerprint density at radius 1 is 0.333 bits per heavy atom. The van der Waals surface area contributed by atoms with Crippen molar-refractivity contribution in [1.29, 1.82) is 0 Å². The summed E-state index contributed by atoms with van der Waals surface area (Å²) in [5.41, 5.74) is 7.21. The molecule has 48 heavy (non-hydrogen) atoms. The average molecular weight is 657 g/mol. The molecule has 230 valence electrons. The molecule has 0 saturated heterocycles. The maximum Gasteiger partial charge on any atom is 0.234 e. The normalized spacial score (nSPS) is 19.1. The molecule has 0 amide bonds. The first-order valence-electron chi connectivity index (χ1n) is 16.0. The van der Waals surface area contributed by atoms with Gasteiger partial charge < -0.3 is 0 Å². The summed E-state index contributed by atoms with van der Waals surface area (Å²) in [4.78, 5) is 0. The van der Waals surface area contributed by atoms with E-state index in [0.29, 0.717) is 5.30 Å². The van der Waals surface area contributed by atoms with Crippen molar-refractivity contribution in [3.63, 3.8) is 0 Å². The predicted molar refractivity (Wildman–Crippen MR) is 201 cm³/mol. The molecule has 7 aromatic rings. The first-order chi connectivity index (χ1) is 23.6. The summed E-state index contributed by atoms with van der Waals surface area (Å²) in [7, 11) is -7.02. The molecule has 0 bridgehead atoms. The van der Waals surface area contributed by atoms with Gasteiger partial charge in [-0.15, -0.1) is 0 Å². The third-order valence-electron chi connectivity index (χ3n) is 9.40. The number of hydrogen-bond acceptors (Lipinski definition) is 2. The lowest BCUT2D eigenvalue weighted by Gasteiger charge is -2.42. The number of fused-ring (bicyclic) bond motifs is 6. The van der Waals surface area contributed by atoms with Gasteiger partial charge in [0, 0.05) is 43.7 Å². The molecule has 2 aliphatic rings. The van der Waals surface area contributed by atoms with E-state index in [1.165, 1.54) is 0 Å². The minimum Gasteiger partial charge on any atom is -0.289 e. The molecular formula is C42H30N2O2P2. The second-order valence-corrected chi connectivity index (χ2v) is 17.1. The van der Waals surface area contributed by atoms with Gasteiger partial charge in [-0.25, -0.2) is 0 Å². The Morgan fingerprint density at radius 2 is 0.750 bits per heavy atom. The van der Waals surface area contributed by atoms with Crippen molar-refractivity contribution in [2.75, 3.05) is 9.34 Å². The molecule has 4 nitrogen and oxygen atoms in total. The van der Waals surface area contributed by atoms with Crippen LogP contribution in [0.4, 0.5) is 22.7 Å². The molecule has 0 radical (unpaired) electrons. The lowest BCUT2D eigenvalue weighted by atomic mass is 10.0. The van der Waals surface area contributed by atoms with Crippen LogP contribution in [0.3, 0.4) is 0 Å². The van der Waals surface area contributed by atoms with Crippen LogP contribution >= 0.6 is 14.6 Å². The van der Waals surface area contributed by atoms with Gasteiger partial charge in [0.1, 0.15) is 0 Å². The summed E-state index contributed by atoms with van der Waals surface area (Å²) in [5, 5.41) is 2.98. The second-order valence-electron chi connectivity index (χ2n) is 12.0. The molecule has 2 aliphatic heterocycles. The van der Waals surface area contributed by atoms with E-state index in [1.807, 2.05) is 161 Å². The van der Waals surface area contributed by atoms with Gasteiger partial charge in [-0.1, -0.05) is 115 Å². The Morgan fingerprint density at radius 3 is 1.33 bits per heavy atom. The third kappa shape index (κ3) is 4.10. The third-order valence-corrected chi connectivity index (χ3v) is 15.5. The molecule has 0 saturated carbocycles. The van der Waals surface area contributed by atoms with E-state index in [2.05, 4.69) is 30.3 Å². The average Bonchev–Trinajstić information content (AvgIpc) is 3.16. The molecule has 2 heterocycles. The number of hydrogen-bond donors (Lipinski definition) is 0. The zero-order valence-corrected chi connectivity index (χ0v) is 27.7. The van der Waals surface area contributed by atoms with Crippen LogP contribution in [-0.2, 0) is 9.13 Å². The Hall–Kier alpha value is -5.40. The summed E-state index contributed by atoms with van der Waals surface area (Å²) in [6.07, 6.45) is 0. The number of benzene rings is 7. The number of rotatable bonds is 4. The van der Waals surface area contributed by atoms with Crippen LogP contribution in [0.5, 0.6) is 0 Å². The van der Waals surface area contributed by atoms with Crippen molar-refractivity contribution in [3.05, 3.63) is 182 Å². The highest BCUT2D eigenvalue weighted by atomic mass is 31.2. The molecule has 9 rings (SSSR count). The molecule has 6 heteroatoms. The fraction of sp³-hybridized carbons (Fsp3) is 0. The van der Waals surface area contributed by atoms with Crippen LogP contribution in [0.25, 0.3) is 22.3 Å². The van der Waals surface area contributed by atoms with Crippen LogP contribution in [0.1, 0.15) is 0 Å². The van der Waals surface area contributed by atoms with E-state index in [1.54, 1.807) is 0 Å². The fourth-order valence-corrected chi connectivity index (χ4v) is 13.4. The Balaban J connectivity index is 1.37. The summed E-state index contributed by atoms with van der Waals surface area (Å²) < 4.78 is 36.4. The van der Waals surface area contributed by atoms with Crippen LogP contribution < -0.4 is 30.6 Å². The molecule has 7 aromatic carbocycles. The van der Waals surface area contributed by atoms with Gasteiger partial charge in [-0.3, -0.25) is 18.5 Å². The van der Waals surface area contributed by atoms with E-state index in [-0.39, 0.29) is 0 Å². The maximum absolute atomic E-state index is 16.3. The molecule has 0 aliphatic carbocycles. The first kappa shape index (κ1) is 28.8. The quantitative estimate of drug-likeness (QED) is 0.177. The highest BCUT2D eigenvalue weighted by Crippen LogP contribution is 2.64. The first-order valence-corrected chi connectivity index (χ1v) is 19.3. The van der Waals surface area contributed by atoms with Crippen molar-refractivity contribution in [3.8, 4) is 22.3 Å². The Labute approximate surface area is 280 Å². The molecule has 0 fully saturated rings. The fourth-order valence-electron chi connectivity index (χ4n) is 7.33. The maximum atomic E-state index is 16.3. The minimum absolute atomic E-state index is 0.713. The van der Waals surface area contributed by atoms with Gasteiger partial charge in [0.15, 0.2) is 0 Å². The second kappa shape index (κ2) is 11.1. The van der Waals surface area contributed by atoms with Crippen LogP contribution in [0.15, 0.2) is 182 Å². The van der Waals surface area contributed by atoms with E-state index < -0.39 is 14.6 Å². The predicted octanol–water partition coefficient (Wildman–Crippen LogP) is 9.78. The molecule has 0 N–H and O–H groups in total. The number of nitrogens with zero attached hydrogens (tertiary/aromatic N) is 2. The van der Waals surface area contributed by atoms with Gasteiger partial charge in [0.2, 0.25) is 14.6 Å². The van der Waals surface area contributed by atoms with Crippen LogP contribution in [0.2, 0.25) is 0 Å². The van der Waals surface area contributed by atoms with Crippen molar-refractivity contribution in [1.82, 2.24) is 0 Å². The van der Waals surface area contributed by atoms with Gasteiger partial charge in [0.05, 0.1) is 11.4 Å². The standard InChI is InChI=1S/C42H30N2O2P2/c45-47(33-18-6-2-7-19-33)41-27-15-12-24-37(41)35-22-10-14-26-40(35)44(47)32-28-29-38-36-23-11-13-25-39(36)43(31-16-4-1-5-17-31)48(46,42(38)30-32)34-20-8-3-9-21-34/h1-30H. The highest BCUT2D eigenvalue weighted by Gasteiger charge is 2.46. The van der Waals surface area contributed by atoms with E-state index in [9.17, 15) is 0 Å². The molecule has 0 aromatic heterocycles. The lowest BCUT2D eigenvalue weighted by Crippen LogP contribution is -2.36. The largest absolute Gasteiger partial charge is 0.289 e. The molecule has 2 unspecified atom stereocenters. The van der Waals surface area contributed by atoms with Gasteiger partial charge >= 0.3 is 0 Å². The SMILES string of the molecule is O=P1(c2ccccc2)c2ccccc2-c2ccccc2N1c1ccc2c(c1)P(=O)(c1ccccc1)N(c1ccccc1)c1ccccc1-2. The summed E-state index contributed by atoms with van der Waals surface area (Å²) in [5.74, 6) is 0. The van der Waals surface area contributed by atoms with Crippen molar-refractivity contribution >= 4 is 58.6 Å². The zero-order chi connectivity index (χ0) is 32.3. The molecular weight excluding hydrogens is 626 g/mol. The van der Waals surface area contributed by atoms with Crippen LogP contribution in [-0.4, -0.2) is 0 Å². The Bertz CT molecular complexity index is 2430. The zero-order valence-electron chi connectivity index (χ0n) is 25.9. The van der Waals surface area contributed by atoms with Gasteiger partial charge in [0.25, 0.3) is 0 Å². The number of anilines is 4. The van der Waals surface area contributed by atoms with Crippen molar-refractivity contribution < 1.29 is 9.13 Å². The van der Waals surface area contributed by atoms with E-state index >= 15 is 9.13 Å². The highest BCUT2D eigenvalue weighted by molar-refractivity contribution is 7.81. The van der Waals surface area contributed by atoms with Gasteiger partial charge in [-0.05, 0) is 77.9 Å². The van der Waals surface area contributed by atoms with Crippen molar-refractivity contribution in [2.45, 2.75) is 0 Å².